The van der Waals surface area contributed by atoms with Crippen LogP contribution in [0.1, 0.15) is 30.9 Å². The van der Waals surface area contributed by atoms with Crippen molar-refractivity contribution in [1.29, 1.82) is 0 Å². The van der Waals surface area contributed by atoms with Crippen LogP contribution in [0.25, 0.3) is 6.08 Å². The fourth-order valence-corrected chi connectivity index (χ4v) is 2.22. The molecule has 1 aromatic carbocycles. The molecule has 0 atom stereocenters. The molecule has 1 aliphatic rings. The van der Waals surface area contributed by atoms with Gasteiger partial charge in [0, 0.05) is 18.5 Å². The first-order valence-electron chi connectivity index (χ1n) is 6.81. The van der Waals surface area contributed by atoms with E-state index >= 15 is 0 Å². The van der Waals surface area contributed by atoms with Gasteiger partial charge >= 0.3 is 0 Å². The van der Waals surface area contributed by atoms with E-state index in [1.165, 1.54) is 12.1 Å². The number of halogens is 2. The second kappa shape index (κ2) is 6.62. The molecule has 106 valence electrons. The van der Waals surface area contributed by atoms with Gasteiger partial charge in [-0.05, 0) is 43.0 Å². The quantitative estimate of drug-likeness (QED) is 0.878. The van der Waals surface area contributed by atoms with E-state index in [0.717, 1.165) is 24.0 Å². The molecule has 3 heteroatoms. The minimum absolute atomic E-state index is 0.130. The summed E-state index contributed by atoms with van der Waals surface area (Å²) in [4.78, 5) is 0. The second-order valence-electron chi connectivity index (χ2n) is 5.09. The molecule has 0 radical (unpaired) electrons. The highest BCUT2D eigenvalue weighted by molar-refractivity contribution is 5.54. The lowest BCUT2D eigenvalue weighted by molar-refractivity contribution is 0.560. The van der Waals surface area contributed by atoms with Gasteiger partial charge in [-0.15, -0.1) is 0 Å². The zero-order valence-electron chi connectivity index (χ0n) is 11.6. The van der Waals surface area contributed by atoms with Crippen molar-refractivity contribution in [3.8, 4) is 0 Å². The highest BCUT2D eigenvalue weighted by atomic mass is 19.1. The van der Waals surface area contributed by atoms with Crippen LogP contribution in [-0.4, -0.2) is 6.54 Å². The topological polar surface area (TPSA) is 26.0 Å². The fourth-order valence-electron chi connectivity index (χ4n) is 2.22. The highest BCUT2D eigenvalue weighted by Gasteiger charge is 2.12. The van der Waals surface area contributed by atoms with Crippen molar-refractivity contribution in [3.63, 3.8) is 0 Å². The average Bonchev–Trinajstić information content (AvgIpc) is 2.44. The van der Waals surface area contributed by atoms with Crippen LogP contribution in [0.4, 0.5) is 8.78 Å². The Morgan fingerprint density at radius 1 is 1.25 bits per heavy atom. The summed E-state index contributed by atoms with van der Waals surface area (Å²) in [6, 6.07) is 2.73. The molecule has 1 aromatic rings. The normalized spacial score (nSPS) is 15.4. The molecule has 0 bridgehead atoms. The molecule has 0 spiro atoms. The van der Waals surface area contributed by atoms with Crippen molar-refractivity contribution in [3.05, 3.63) is 64.3 Å². The summed E-state index contributed by atoms with van der Waals surface area (Å²) in [5, 5.41) is 0. The summed E-state index contributed by atoms with van der Waals surface area (Å²) in [6.07, 6.45) is 9.94. The molecule has 0 fully saturated rings. The fraction of sp³-hybridized carbons (Fsp3) is 0.294. The van der Waals surface area contributed by atoms with Crippen LogP contribution in [-0.2, 0) is 6.42 Å². The molecule has 1 nitrogen and oxygen atoms in total. The van der Waals surface area contributed by atoms with Crippen LogP contribution in [0.3, 0.4) is 0 Å². The van der Waals surface area contributed by atoms with Crippen molar-refractivity contribution < 1.29 is 8.78 Å². The minimum atomic E-state index is -0.499. The van der Waals surface area contributed by atoms with Gasteiger partial charge in [0.2, 0.25) is 0 Å². The number of allylic oxidation sites excluding steroid dienone is 4. The smallest absolute Gasteiger partial charge is 0.130 e. The largest absolute Gasteiger partial charge is 0.327 e. The van der Waals surface area contributed by atoms with E-state index in [2.05, 4.69) is 0 Å². The van der Waals surface area contributed by atoms with E-state index in [0.29, 0.717) is 18.5 Å². The number of benzene rings is 1. The standard InChI is InChI=1S/C17H19F2N/c1-12(11-20)7-14-9-16(18)15(17(19)10-14)8-13-5-3-2-4-6-13/h3,5-7,9-10H,2,4,8,11,20H2,1H3/b12-7+. The molecule has 20 heavy (non-hydrogen) atoms. The Bertz CT molecular complexity index is 560. The predicted molar refractivity (Wildman–Crippen MR) is 79.2 cm³/mol. The van der Waals surface area contributed by atoms with E-state index < -0.39 is 11.6 Å². The molecule has 0 aliphatic heterocycles. The molecule has 0 unspecified atom stereocenters. The minimum Gasteiger partial charge on any atom is -0.327 e. The Morgan fingerprint density at radius 3 is 2.50 bits per heavy atom. The molecule has 0 amide bonds. The van der Waals surface area contributed by atoms with Crippen molar-refractivity contribution in [2.75, 3.05) is 6.54 Å². The van der Waals surface area contributed by atoms with Gasteiger partial charge in [-0.1, -0.05) is 29.9 Å². The van der Waals surface area contributed by atoms with Crippen LogP contribution in [0.2, 0.25) is 0 Å². The van der Waals surface area contributed by atoms with Gasteiger partial charge in [-0.2, -0.15) is 0 Å². The Hall–Kier alpha value is -1.74. The number of rotatable bonds is 4. The maximum Gasteiger partial charge on any atom is 0.130 e. The van der Waals surface area contributed by atoms with Crippen molar-refractivity contribution in [2.45, 2.75) is 26.2 Å². The summed E-state index contributed by atoms with van der Waals surface area (Å²) in [7, 11) is 0. The monoisotopic (exact) mass is 275 g/mol. The van der Waals surface area contributed by atoms with Gasteiger partial charge < -0.3 is 5.73 Å². The van der Waals surface area contributed by atoms with Crippen LogP contribution >= 0.6 is 0 Å². The van der Waals surface area contributed by atoms with Crippen LogP contribution in [0.15, 0.2) is 41.5 Å². The second-order valence-corrected chi connectivity index (χ2v) is 5.09. The van der Waals surface area contributed by atoms with E-state index in [9.17, 15) is 8.78 Å². The average molecular weight is 275 g/mol. The molecule has 2 N–H and O–H groups in total. The molecular formula is C17H19F2N. The van der Waals surface area contributed by atoms with Gasteiger partial charge in [0.05, 0.1) is 0 Å². The maximum absolute atomic E-state index is 14.1. The SMILES string of the molecule is C/C(=C\c1cc(F)c(CC2=CCCC=C2)c(F)c1)CN. The first kappa shape index (κ1) is 14.7. The lowest BCUT2D eigenvalue weighted by atomic mass is 9.97. The predicted octanol–water partition coefficient (Wildman–Crippen LogP) is 4.15. The Kier molecular flexibility index (Phi) is 4.85. The van der Waals surface area contributed by atoms with E-state index in [-0.39, 0.29) is 5.56 Å². The highest BCUT2D eigenvalue weighted by Crippen LogP contribution is 2.22. The molecule has 1 aliphatic carbocycles. The zero-order valence-corrected chi connectivity index (χ0v) is 11.6. The lowest BCUT2D eigenvalue weighted by Crippen LogP contribution is -2.01. The van der Waals surface area contributed by atoms with Crippen LogP contribution in [0.5, 0.6) is 0 Å². The molecule has 0 saturated heterocycles. The summed E-state index contributed by atoms with van der Waals surface area (Å²) in [6.45, 7) is 2.21. The van der Waals surface area contributed by atoms with Crippen LogP contribution in [0, 0.1) is 11.6 Å². The molecule has 2 rings (SSSR count). The number of hydrogen-bond acceptors (Lipinski definition) is 1. The Morgan fingerprint density at radius 2 is 1.95 bits per heavy atom. The molecule has 0 aromatic heterocycles. The first-order valence-corrected chi connectivity index (χ1v) is 6.81. The van der Waals surface area contributed by atoms with Crippen molar-refractivity contribution in [2.24, 2.45) is 5.73 Å². The first-order chi connectivity index (χ1) is 9.60. The third-order valence-electron chi connectivity index (χ3n) is 3.35. The Labute approximate surface area is 118 Å². The van der Waals surface area contributed by atoms with Gasteiger partial charge in [0.25, 0.3) is 0 Å². The van der Waals surface area contributed by atoms with Gasteiger partial charge in [-0.3, -0.25) is 0 Å². The molecule has 0 heterocycles. The number of nitrogens with two attached hydrogens (primary N) is 1. The molecule has 0 saturated carbocycles. The number of hydrogen-bond donors (Lipinski definition) is 1. The van der Waals surface area contributed by atoms with E-state index in [4.69, 9.17) is 5.73 Å². The maximum atomic E-state index is 14.1. The van der Waals surface area contributed by atoms with E-state index in [1.807, 2.05) is 25.2 Å². The molecular weight excluding hydrogens is 256 g/mol. The van der Waals surface area contributed by atoms with Crippen molar-refractivity contribution in [1.82, 2.24) is 0 Å². The summed E-state index contributed by atoms with van der Waals surface area (Å²) in [5.74, 6) is -0.998. The third kappa shape index (κ3) is 3.64. The lowest BCUT2D eigenvalue weighted by Gasteiger charge is -2.10. The van der Waals surface area contributed by atoms with Gasteiger partial charge in [-0.25, -0.2) is 8.78 Å². The zero-order chi connectivity index (χ0) is 14.5. The summed E-state index contributed by atoms with van der Waals surface area (Å²) in [5.41, 5.74) is 7.97. The third-order valence-corrected chi connectivity index (χ3v) is 3.35. The van der Waals surface area contributed by atoms with Crippen molar-refractivity contribution >= 4 is 6.08 Å². The van der Waals surface area contributed by atoms with E-state index in [1.54, 1.807) is 6.08 Å². The van der Waals surface area contributed by atoms with Gasteiger partial charge in [0.1, 0.15) is 11.6 Å². The summed E-state index contributed by atoms with van der Waals surface area (Å²) < 4.78 is 28.1. The van der Waals surface area contributed by atoms with Crippen LogP contribution < -0.4 is 5.73 Å². The summed E-state index contributed by atoms with van der Waals surface area (Å²) >= 11 is 0. The van der Waals surface area contributed by atoms with Gasteiger partial charge in [0.15, 0.2) is 0 Å². The Balaban J connectivity index is 2.27.